The third kappa shape index (κ3) is 2.92. The van der Waals surface area contributed by atoms with E-state index >= 15 is 0 Å². The zero-order valence-corrected chi connectivity index (χ0v) is 13.7. The van der Waals surface area contributed by atoms with E-state index in [1.54, 1.807) is 3.27 Å². The van der Waals surface area contributed by atoms with Crippen molar-refractivity contribution < 1.29 is 35.5 Å². The predicted molar refractivity (Wildman–Crippen MR) is 72.8 cm³/mol. The van der Waals surface area contributed by atoms with Gasteiger partial charge in [0.1, 0.15) is 0 Å². The predicted octanol–water partition coefficient (Wildman–Crippen LogP) is 4.56. The minimum Gasteiger partial charge on any atom is -0.147 e. The molecule has 2 heteroatoms. The Kier molecular flexibility index (Phi) is 5.04. The van der Waals surface area contributed by atoms with Crippen molar-refractivity contribution in [1.82, 2.24) is 0 Å². The van der Waals surface area contributed by atoms with E-state index in [9.17, 15) is 0 Å². The van der Waals surface area contributed by atoms with Crippen LogP contribution in [0.5, 0.6) is 0 Å². The van der Waals surface area contributed by atoms with Crippen molar-refractivity contribution in [3.05, 3.63) is 58.0 Å². The maximum Gasteiger partial charge on any atom is -0.147 e. The molecule has 0 nitrogen and oxygen atoms in total. The van der Waals surface area contributed by atoms with Gasteiger partial charge in [0.25, 0.3) is 0 Å². The summed E-state index contributed by atoms with van der Waals surface area (Å²) >= 11 is -1.82. The van der Waals surface area contributed by atoms with Crippen molar-refractivity contribution in [2.24, 2.45) is 0 Å². The largest absolute Gasteiger partial charge is 0.147 e. The molecule has 0 radical (unpaired) electrons. The van der Waals surface area contributed by atoms with Crippen LogP contribution in [0.2, 0.25) is 0 Å². The van der Waals surface area contributed by atoms with Crippen LogP contribution in [0.25, 0.3) is 0 Å². The van der Waals surface area contributed by atoms with Crippen LogP contribution in [0.1, 0.15) is 19.3 Å². The quantitative estimate of drug-likeness (QED) is 0.682. The minimum atomic E-state index is -1.82. The van der Waals surface area contributed by atoms with Gasteiger partial charge in [-0.15, -0.1) is 12.4 Å². The molecular formula is C15H16CeCl. The van der Waals surface area contributed by atoms with Crippen molar-refractivity contribution in [2.75, 3.05) is 0 Å². The van der Waals surface area contributed by atoms with E-state index in [1.165, 1.54) is 19.3 Å². The number of hydrogen-bond acceptors (Lipinski definition) is 0. The Balaban J connectivity index is 0.00000108. The Morgan fingerprint density at radius 1 is 0.647 bits per heavy atom. The Labute approximate surface area is 123 Å². The zero-order chi connectivity index (χ0) is 10.8. The van der Waals surface area contributed by atoms with Gasteiger partial charge < -0.3 is 0 Å². The van der Waals surface area contributed by atoms with Crippen LogP contribution in [0, 0.1) is 35.5 Å². The summed E-state index contributed by atoms with van der Waals surface area (Å²) in [4.78, 5) is 0. The van der Waals surface area contributed by atoms with Gasteiger partial charge in [-0.1, -0.05) is 0 Å². The fourth-order valence-corrected chi connectivity index (χ4v) is 11.9. The van der Waals surface area contributed by atoms with Crippen LogP contribution < -0.4 is 0 Å². The second-order valence-corrected chi connectivity index (χ2v) is 12.8. The molecular weight excluding hydrogens is 356 g/mol. The fraction of sp³-hybridized carbons (Fsp3) is 0.200. The fourth-order valence-electron chi connectivity index (χ4n) is 2.52. The van der Waals surface area contributed by atoms with Gasteiger partial charge in [-0.3, -0.25) is 0 Å². The topological polar surface area (TPSA) is 0 Å². The number of hydrogen-bond donors (Lipinski definition) is 0. The monoisotopic (exact) mass is 371 g/mol. The molecule has 3 aliphatic carbocycles. The van der Waals surface area contributed by atoms with Crippen LogP contribution in [-0.2, 0) is 0 Å². The van der Waals surface area contributed by atoms with E-state index in [0.29, 0.717) is 0 Å². The molecule has 0 fully saturated rings. The van der Waals surface area contributed by atoms with Crippen LogP contribution in [0.4, 0.5) is 0 Å². The molecule has 0 amide bonds. The average Bonchev–Trinajstić information content (AvgIpc) is 3.02. The first-order valence-corrected chi connectivity index (χ1v) is 10.6. The molecule has 0 aromatic rings. The Hall–Kier alpha value is 0.107. The van der Waals surface area contributed by atoms with Crippen molar-refractivity contribution in [2.45, 2.75) is 19.3 Å². The summed E-state index contributed by atoms with van der Waals surface area (Å²) in [6.45, 7) is 0. The SMILES string of the molecule is C1=CC[C]([Ce]([C]2=CC=CC2)[C]2=CC=CC2)=C1.Cl. The molecule has 0 bridgehead atoms. The first-order chi connectivity index (χ1) is 7.95. The van der Waals surface area contributed by atoms with Gasteiger partial charge in [0, 0.05) is 0 Å². The summed E-state index contributed by atoms with van der Waals surface area (Å²) in [5.41, 5.74) is 0. The van der Waals surface area contributed by atoms with E-state index in [1.807, 2.05) is 0 Å². The molecule has 0 N–H and O–H groups in total. The van der Waals surface area contributed by atoms with E-state index in [4.69, 9.17) is 0 Å². The Morgan fingerprint density at radius 2 is 1.00 bits per heavy atom. The van der Waals surface area contributed by atoms with Crippen molar-refractivity contribution in [3.8, 4) is 0 Å². The molecule has 0 aliphatic heterocycles. The molecule has 0 spiro atoms. The number of halogens is 1. The van der Waals surface area contributed by atoms with E-state index in [-0.39, 0.29) is 12.4 Å². The Bertz CT molecular complexity index is 404. The van der Waals surface area contributed by atoms with Gasteiger partial charge >= 0.3 is 113 Å². The summed E-state index contributed by atoms with van der Waals surface area (Å²) in [5.74, 6) is 0. The summed E-state index contributed by atoms with van der Waals surface area (Å²) in [6.07, 6.45) is 24.5. The number of rotatable bonds is 3. The summed E-state index contributed by atoms with van der Waals surface area (Å²) in [7, 11) is 0. The first-order valence-electron chi connectivity index (χ1n) is 5.90. The summed E-state index contributed by atoms with van der Waals surface area (Å²) < 4.78 is 5.32. The second kappa shape index (κ2) is 6.33. The van der Waals surface area contributed by atoms with Crippen LogP contribution >= 0.6 is 12.4 Å². The van der Waals surface area contributed by atoms with Gasteiger partial charge in [-0.05, 0) is 0 Å². The molecule has 3 rings (SSSR count). The molecule has 0 saturated heterocycles. The second-order valence-electron chi connectivity index (χ2n) is 4.35. The average molecular weight is 372 g/mol. The number of allylic oxidation sites excluding steroid dienone is 12. The van der Waals surface area contributed by atoms with Crippen molar-refractivity contribution >= 4 is 12.4 Å². The van der Waals surface area contributed by atoms with Crippen LogP contribution in [-0.4, -0.2) is 0 Å². The minimum absolute atomic E-state index is 0. The molecule has 0 atom stereocenters. The maximum absolute atomic E-state index is 2.39. The maximum atomic E-state index is 2.39. The normalized spacial score (nSPS) is 20.1. The van der Waals surface area contributed by atoms with Crippen LogP contribution in [0.15, 0.2) is 58.0 Å². The molecule has 87 valence electrons. The van der Waals surface area contributed by atoms with E-state index < -0.39 is 35.5 Å². The third-order valence-corrected chi connectivity index (χ3v) is 12.8. The van der Waals surface area contributed by atoms with Gasteiger partial charge in [-0.2, -0.15) is 0 Å². The molecule has 17 heavy (non-hydrogen) atoms. The molecule has 0 heterocycles. The molecule has 3 aliphatic rings. The summed E-state index contributed by atoms with van der Waals surface area (Å²) in [6, 6.07) is 0. The smallest absolute Gasteiger partial charge is 0.147 e. The van der Waals surface area contributed by atoms with Crippen molar-refractivity contribution in [1.29, 1.82) is 0 Å². The molecule has 0 unspecified atom stereocenters. The third-order valence-electron chi connectivity index (χ3n) is 3.28. The molecule has 0 aromatic heterocycles. The van der Waals surface area contributed by atoms with Crippen LogP contribution in [0.3, 0.4) is 0 Å². The van der Waals surface area contributed by atoms with Gasteiger partial charge in [0.05, 0.1) is 0 Å². The van der Waals surface area contributed by atoms with E-state index in [2.05, 4.69) is 54.7 Å². The first kappa shape index (κ1) is 13.5. The van der Waals surface area contributed by atoms with Gasteiger partial charge in [0.15, 0.2) is 0 Å². The zero-order valence-electron chi connectivity index (χ0n) is 9.73. The Morgan fingerprint density at radius 3 is 1.24 bits per heavy atom. The molecule has 0 saturated carbocycles. The van der Waals surface area contributed by atoms with Gasteiger partial charge in [0.2, 0.25) is 0 Å². The van der Waals surface area contributed by atoms with E-state index in [0.717, 1.165) is 0 Å². The molecule has 0 aromatic carbocycles. The summed E-state index contributed by atoms with van der Waals surface area (Å²) in [5, 5.41) is 0. The van der Waals surface area contributed by atoms with Crippen molar-refractivity contribution in [3.63, 3.8) is 0 Å². The van der Waals surface area contributed by atoms with Gasteiger partial charge in [-0.25, -0.2) is 0 Å². The standard InChI is InChI=1S/3C5H5.Ce.ClH/c3*1-2-4-5-3-1;;/h3*1-3H,4H2;;1H.